The molecular formula is C12H14ClNO3S. The van der Waals surface area contributed by atoms with Gasteiger partial charge < -0.3 is 4.90 Å². The fourth-order valence-electron chi connectivity index (χ4n) is 2.02. The molecule has 0 aliphatic carbocycles. The monoisotopic (exact) mass is 287 g/mol. The molecule has 0 spiro atoms. The number of likely N-dealkylation sites (tertiary alicyclic amines) is 1. The zero-order chi connectivity index (χ0) is 13.2. The largest absolute Gasteiger partial charge is 0.342 e. The highest BCUT2D eigenvalue weighted by molar-refractivity contribution is 8.13. The van der Waals surface area contributed by atoms with E-state index < -0.39 is 9.05 Å². The molecule has 1 amide bonds. The summed E-state index contributed by atoms with van der Waals surface area (Å²) in [5.74, 6) is 0.0916. The maximum Gasteiger partial charge on any atom is 0.261 e. The van der Waals surface area contributed by atoms with Crippen molar-refractivity contribution in [2.45, 2.75) is 24.2 Å². The van der Waals surface area contributed by atoms with E-state index in [1.807, 2.05) is 4.90 Å². The molecule has 0 N–H and O–H groups in total. The molecule has 1 heterocycles. The van der Waals surface area contributed by atoms with Crippen molar-refractivity contribution in [1.29, 1.82) is 0 Å². The summed E-state index contributed by atoms with van der Waals surface area (Å²) < 4.78 is 22.1. The molecule has 4 nitrogen and oxygen atoms in total. The average molecular weight is 288 g/mol. The zero-order valence-electron chi connectivity index (χ0n) is 9.80. The van der Waals surface area contributed by atoms with Crippen LogP contribution in [0.5, 0.6) is 0 Å². The van der Waals surface area contributed by atoms with E-state index in [-0.39, 0.29) is 10.8 Å². The number of hydrogen-bond donors (Lipinski definition) is 0. The van der Waals surface area contributed by atoms with Crippen LogP contribution in [-0.4, -0.2) is 32.3 Å². The molecular weight excluding hydrogens is 274 g/mol. The molecule has 1 aliphatic heterocycles. The first-order chi connectivity index (χ1) is 8.47. The van der Waals surface area contributed by atoms with Gasteiger partial charge in [-0.05, 0) is 30.5 Å². The highest BCUT2D eigenvalue weighted by atomic mass is 35.7. The first kappa shape index (κ1) is 13.4. The summed E-state index contributed by atoms with van der Waals surface area (Å²) >= 11 is 0. The van der Waals surface area contributed by atoms with E-state index in [2.05, 4.69) is 0 Å². The lowest BCUT2D eigenvalue weighted by Gasteiger charge is -2.14. The Hall–Kier alpha value is -1.07. The maximum atomic E-state index is 11.9. The third-order valence-corrected chi connectivity index (χ3v) is 4.39. The number of benzene rings is 1. The smallest absolute Gasteiger partial charge is 0.261 e. The standard InChI is InChI=1S/C12H14ClNO3S/c13-18(16,17)11-5-3-10(4-6-11)9-12(15)14-7-1-2-8-14/h3-6H,1-2,7-9H2. The lowest BCUT2D eigenvalue weighted by atomic mass is 10.1. The summed E-state index contributed by atoms with van der Waals surface area (Å²) in [6, 6.07) is 6.11. The van der Waals surface area contributed by atoms with E-state index in [1.165, 1.54) is 12.1 Å². The second-order valence-electron chi connectivity index (χ2n) is 4.35. The summed E-state index contributed by atoms with van der Waals surface area (Å²) in [6.07, 6.45) is 2.44. The molecule has 6 heteroatoms. The number of halogens is 1. The lowest BCUT2D eigenvalue weighted by molar-refractivity contribution is -0.129. The van der Waals surface area contributed by atoms with Crippen LogP contribution in [-0.2, 0) is 20.3 Å². The Balaban J connectivity index is 2.04. The fraction of sp³-hybridized carbons (Fsp3) is 0.417. The minimum absolute atomic E-state index is 0.0570. The van der Waals surface area contributed by atoms with Crippen LogP contribution in [0.1, 0.15) is 18.4 Å². The predicted molar refractivity (Wildman–Crippen MR) is 69.0 cm³/mol. The maximum absolute atomic E-state index is 11.9. The Labute approximate surface area is 111 Å². The number of amides is 1. The van der Waals surface area contributed by atoms with Crippen LogP contribution in [0.2, 0.25) is 0 Å². The Kier molecular flexibility index (Phi) is 3.92. The molecule has 1 aromatic rings. The molecule has 18 heavy (non-hydrogen) atoms. The van der Waals surface area contributed by atoms with Crippen molar-refractivity contribution >= 4 is 25.6 Å². The van der Waals surface area contributed by atoms with Crippen molar-refractivity contribution in [1.82, 2.24) is 4.90 Å². The quantitative estimate of drug-likeness (QED) is 0.796. The van der Waals surface area contributed by atoms with Crippen LogP contribution in [0.25, 0.3) is 0 Å². The number of carbonyl (C=O) groups is 1. The van der Waals surface area contributed by atoms with Gasteiger partial charge in [-0.3, -0.25) is 4.79 Å². The van der Waals surface area contributed by atoms with Crippen molar-refractivity contribution in [3.05, 3.63) is 29.8 Å². The second-order valence-corrected chi connectivity index (χ2v) is 6.91. The van der Waals surface area contributed by atoms with E-state index in [1.54, 1.807) is 12.1 Å². The van der Waals surface area contributed by atoms with Crippen LogP contribution in [0.3, 0.4) is 0 Å². The normalized spacial score (nSPS) is 15.9. The molecule has 0 aromatic heterocycles. The van der Waals surface area contributed by atoms with Crippen molar-refractivity contribution in [3.63, 3.8) is 0 Å². The van der Waals surface area contributed by atoms with Gasteiger partial charge in [0.15, 0.2) is 0 Å². The average Bonchev–Trinajstić information content (AvgIpc) is 2.82. The molecule has 1 fully saturated rings. The van der Waals surface area contributed by atoms with Gasteiger partial charge in [-0.15, -0.1) is 0 Å². The highest BCUT2D eigenvalue weighted by Gasteiger charge is 2.18. The molecule has 2 rings (SSSR count). The van der Waals surface area contributed by atoms with Gasteiger partial charge in [-0.25, -0.2) is 8.42 Å². The Morgan fingerprint density at radius 1 is 1.17 bits per heavy atom. The predicted octanol–water partition coefficient (Wildman–Crippen LogP) is 1.78. The number of rotatable bonds is 3. The van der Waals surface area contributed by atoms with Crippen LogP contribution >= 0.6 is 10.7 Å². The first-order valence-corrected chi connectivity index (χ1v) is 8.09. The van der Waals surface area contributed by atoms with Gasteiger partial charge in [0.25, 0.3) is 9.05 Å². The number of hydrogen-bond acceptors (Lipinski definition) is 3. The number of nitrogens with zero attached hydrogens (tertiary/aromatic N) is 1. The van der Waals surface area contributed by atoms with Gasteiger partial charge >= 0.3 is 0 Å². The summed E-state index contributed by atoms with van der Waals surface area (Å²) in [4.78, 5) is 13.8. The summed E-state index contributed by atoms with van der Waals surface area (Å²) in [5, 5.41) is 0. The van der Waals surface area contributed by atoms with E-state index in [0.717, 1.165) is 31.5 Å². The highest BCUT2D eigenvalue weighted by Crippen LogP contribution is 2.16. The Bertz CT molecular complexity index is 533. The molecule has 1 aromatic carbocycles. The number of carbonyl (C=O) groups excluding carboxylic acids is 1. The molecule has 1 saturated heterocycles. The Morgan fingerprint density at radius 2 is 1.72 bits per heavy atom. The van der Waals surface area contributed by atoms with Crippen LogP contribution in [0.4, 0.5) is 0 Å². The Morgan fingerprint density at radius 3 is 2.22 bits per heavy atom. The van der Waals surface area contributed by atoms with Gasteiger partial charge in [0.05, 0.1) is 11.3 Å². The SMILES string of the molecule is O=C(Cc1ccc(S(=O)(=O)Cl)cc1)N1CCCC1. The van der Waals surface area contributed by atoms with Gasteiger partial charge in [0, 0.05) is 23.8 Å². The van der Waals surface area contributed by atoms with E-state index in [4.69, 9.17) is 10.7 Å². The molecule has 0 bridgehead atoms. The molecule has 0 atom stereocenters. The van der Waals surface area contributed by atoms with Gasteiger partial charge in [0.1, 0.15) is 0 Å². The molecule has 98 valence electrons. The summed E-state index contributed by atoms with van der Waals surface area (Å²) in [7, 11) is 1.53. The third-order valence-electron chi connectivity index (χ3n) is 3.02. The summed E-state index contributed by atoms with van der Waals surface area (Å²) in [6.45, 7) is 1.65. The van der Waals surface area contributed by atoms with Gasteiger partial charge in [0.2, 0.25) is 5.91 Å². The minimum atomic E-state index is -3.69. The van der Waals surface area contributed by atoms with E-state index in [9.17, 15) is 13.2 Å². The third kappa shape index (κ3) is 3.23. The van der Waals surface area contributed by atoms with Crippen LogP contribution < -0.4 is 0 Å². The lowest BCUT2D eigenvalue weighted by Crippen LogP contribution is -2.29. The molecule has 0 unspecified atom stereocenters. The van der Waals surface area contributed by atoms with Gasteiger partial charge in [-0.1, -0.05) is 12.1 Å². The first-order valence-electron chi connectivity index (χ1n) is 5.78. The van der Waals surface area contributed by atoms with Crippen molar-refractivity contribution < 1.29 is 13.2 Å². The topological polar surface area (TPSA) is 54.5 Å². The summed E-state index contributed by atoms with van der Waals surface area (Å²) in [5.41, 5.74) is 0.802. The zero-order valence-corrected chi connectivity index (χ0v) is 11.4. The minimum Gasteiger partial charge on any atom is -0.342 e. The fourth-order valence-corrected chi connectivity index (χ4v) is 2.79. The van der Waals surface area contributed by atoms with E-state index in [0.29, 0.717) is 6.42 Å². The van der Waals surface area contributed by atoms with Crippen LogP contribution in [0, 0.1) is 0 Å². The molecule has 1 aliphatic rings. The van der Waals surface area contributed by atoms with E-state index >= 15 is 0 Å². The van der Waals surface area contributed by atoms with Crippen molar-refractivity contribution in [3.8, 4) is 0 Å². The molecule has 0 saturated carbocycles. The van der Waals surface area contributed by atoms with Crippen LogP contribution in [0.15, 0.2) is 29.2 Å². The van der Waals surface area contributed by atoms with Gasteiger partial charge in [-0.2, -0.15) is 0 Å². The second kappa shape index (κ2) is 5.28. The molecule has 0 radical (unpaired) electrons. The van der Waals surface area contributed by atoms with Crippen molar-refractivity contribution in [2.75, 3.05) is 13.1 Å². The van der Waals surface area contributed by atoms with Crippen molar-refractivity contribution in [2.24, 2.45) is 0 Å².